The van der Waals surface area contributed by atoms with Crippen molar-refractivity contribution in [2.75, 3.05) is 12.8 Å². The fourth-order valence-electron chi connectivity index (χ4n) is 0.400. The molecule has 1 N–H and O–H groups in total. The van der Waals surface area contributed by atoms with E-state index in [1.807, 2.05) is 13.2 Å². The summed E-state index contributed by atoms with van der Waals surface area (Å²) >= 11 is 1.59. The molecule has 0 unspecified atom stereocenters. The summed E-state index contributed by atoms with van der Waals surface area (Å²) in [6.07, 6.45) is 3.61. The third-order valence-electron chi connectivity index (χ3n) is 0.721. The maximum absolute atomic E-state index is 4.13. The molecule has 0 atom stereocenters. The molecule has 0 aromatic carbocycles. The smallest absolute Gasteiger partial charge is 0.160 e. The number of hydrogen-bond donors (Lipinski definition) is 1. The maximum Gasteiger partial charge on any atom is 0.160 e. The first-order chi connectivity index (χ1) is 4.35. The van der Waals surface area contributed by atoms with Crippen LogP contribution in [0.3, 0.4) is 0 Å². The van der Waals surface area contributed by atoms with E-state index in [0.717, 1.165) is 11.7 Å². The molecule has 0 bridgehead atoms. The van der Waals surface area contributed by atoms with Crippen LogP contribution in [0.1, 0.15) is 6.92 Å². The van der Waals surface area contributed by atoms with Crippen molar-refractivity contribution in [1.29, 1.82) is 0 Å². The van der Waals surface area contributed by atoms with Crippen molar-refractivity contribution in [3.8, 4) is 0 Å². The van der Waals surface area contributed by atoms with Crippen LogP contribution < -0.4 is 5.32 Å². The van der Waals surface area contributed by atoms with Crippen LogP contribution in [-0.2, 0) is 0 Å². The van der Waals surface area contributed by atoms with Crippen LogP contribution in [0.2, 0.25) is 0 Å². The number of hydrogen-bond acceptors (Lipinski definition) is 2. The Hall–Kier alpha value is -0.440. The Bertz CT molecular complexity index is 110. The lowest BCUT2D eigenvalue weighted by Gasteiger charge is -1.98. The summed E-state index contributed by atoms with van der Waals surface area (Å²) < 4.78 is 0. The van der Waals surface area contributed by atoms with E-state index in [-0.39, 0.29) is 0 Å². The van der Waals surface area contributed by atoms with Gasteiger partial charge >= 0.3 is 0 Å². The summed E-state index contributed by atoms with van der Waals surface area (Å²) in [5.74, 6) is 0. The second kappa shape index (κ2) is 5.69. The van der Waals surface area contributed by atoms with Crippen LogP contribution in [-0.4, -0.2) is 18.0 Å². The van der Waals surface area contributed by atoms with Crippen LogP contribution in [0, 0.1) is 0 Å². The van der Waals surface area contributed by atoms with Crippen molar-refractivity contribution in [2.45, 2.75) is 6.92 Å². The molecule has 0 heterocycles. The molecular formula is C6H12N2S. The van der Waals surface area contributed by atoms with Crippen molar-refractivity contribution in [2.24, 2.45) is 4.99 Å². The lowest BCUT2D eigenvalue weighted by Crippen LogP contribution is -2.12. The van der Waals surface area contributed by atoms with Crippen LogP contribution in [0.4, 0.5) is 0 Å². The third kappa shape index (κ3) is 4.09. The van der Waals surface area contributed by atoms with Gasteiger partial charge in [0.15, 0.2) is 5.17 Å². The Labute approximate surface area is 60.4 Å². The number of amidine groups is 1. The maximum atomic E-state index is 4.13. The van der Waals surface area contributed by atoms with Gasteiger partial charge in [-0.1, -0.05) is 18.3 Å². The van der Waals surface area contributed by atoms with E-state index in [1.54, 1.807) is 18.0 Å². The molecule has 0 aliphatic carbocycles. The van der Waals surface area contributed by atoms with Crippen LogP contribution in [0.5, 0.6) is 0 Å². The van der Waals surface area contributed by atoms with Gasteiger partial charge in [0.05, 0.1) is 0 Å². The number of nitrogens with zero attached hydrogens (tertiary/aromatic N) is 1. The molecule has 0 aromatic rings. The molecule has 0 spiro atoms. The van der Waals surface area contributed by atoms with Crippen molar-refractivity contribution < 1.29 is 0 Å². The Morgan fingerprint density at radius 3 is 2.89 bits per heavy atom. The SMILES string of the molecule is C=CNC(=NCC)SC. The molecule has 0 amide bonds. The largest absolute Gasteiger partial charge is 0.342 e. The highest BCUT2D eigenvalue weighted by Gasteiger charge is 1.87. The van der Waals surface area contributed by atoms with E-state index in [2.05, 4.69) is 16.9 Å². The first-order valence-corrected chi connectivity index (χ1v) is 4.03. The van der Waals surface area contributed by atoms with Gasteiger partial charge in [0.2, 0.25) is 0 Å². The first kappa shape index (κ1) is 8.56. The topological polar surface area (TPSA) is 24.4 Å². The van der Waals surface area contributed by atoms with Gasteiger partial charge < -0.3 is 5.32 Å². The van der Waals surface area contributed by atoms with Gasteiger partial charge in [-0.3, -0.25) is 4.99 Å². The minimum absolute atomic E-state index is 0.816. The monoisotopic (exact) mass is 144 g/mol. The number of rotatable bonds is 2. The molecule has 0 saturated heterocycles. The summed E-state index contributed by atoms with van der Waals surface area (Å²) in [5, 5.41) is 3.83. The predicted octanol–water partition coefficient (Wildman–Crippen LogP) is 1.46. The molecule has 0 aliphatic heterocycles. The van der Waals surface area contributed by atoms with Gasteiger partial charge in [0, 0.05) is 6.54 Å². The summed E-state index contributed by atoms with van der Waals surface area (Å²) in [6.45, 7) is 6.34. The van der Waals surface area contributed by atoms with Gasteiger partial charge in [-0.15, -0.1) is 0 Å². The molecule has 9 heavy (non-hydrogen) atoms. The Kier molecular flexibility index (Phi) is 5.41. The molecule has 0 saturated carbocycles. The van der Waals surface area contributed by atoms with Crippen molar-refractivity contribution >= 4 is 16.9 Å². The van der Waals surface area contributed by atoms with Gasteiger partial charge in [-0.2, -0.15) is 0 Å². The predicted molar refractivity (Wildman–Crippen MR) is 44.8 cm³/mol. The zero-order valence-corrected chi connectivity index (χ0v) is 6.66. The fraction of sp³-hybridized carbons (Fsp3) is 0.500. The van der Waals surface area contributed by atoms with Gasteiger partial charge in [-0.25, -0.2) is 0 Å². The lowest BCUT2D eigenvalue weighted by atomic mass is 10.8. The van der Waals surface area contributed by atoms with Gasteiger partial charge in [0.25, 0.3) is 0 Å². The first-order valence-electron chi connectivity index (χ1n) is 2.81. The number of nitrogens with one attached hydrogen (secondary N) is 1. The molecule has 0 radical (unpaired) electrons. The van der Waals surface area contributed by atoms with E-state index in [1.165, 1.54) is 0 Å². The third-order valence-corrected chi connectivity index (χ3v) is 1.35. The number of thioether (sulfide) groups is 1. The Morgan fingerprint density at radius 1 is 1.89 bits per heavy atom. The molecule has 3 heteroatoms. The minimum atomic E-state index is 0.816. The Balaban J connectivity index is 3.65. The van der Waals surface area contributed by atoms with Gasteiger partial charge in [0.1, 0.15) is 0 Å². The standard InChI is InChI=1S/C6H12N2S/c1-4-7-6(9-3)8-5-2/h4H,1,5H2,2-3H3,(H,7,8). The van der Waals surface area contributed by atoms with E-state index < -0.39 is 0 Å². The summed E-state index contributed by atoms with van der Waals surface area (Å²) in [7, 11) is 0. The van der Waals surface area contributed by atoms with Crippen molar-refractivity contribution in [3.63, 3.8) is 0 Å². The van der Waals surface area contributed by atoms with Crippen molar-refractivity contribution in [1.82, 2.24) is 5.32 Å². The van der Waals surface area contributed by atoms with E-state index in [0.29, 0.717) is 0 Å². The average molecular weight is 144 g/mol. The summed E-state index contributed by atoms with van der Waals surface area (Å²) in [5.41, 5.74) is 0. The van der Waals surface area contributed by atoms with E-state index in [9.17, 15) is 0 Å². The highest BCUT2D eigenvalue weighted by atomic mass is 32.2. The van der Waals surface area contributed by atoms with E-state index >= 15 is 0 Å². The van der Waals surface area contributed by atoms with Crippen molar-refractivity contribution in [3.05, 3.63) is 12.8 Å². The zero-order chi connectivity index (χ0) is 7.11. The molecule has 0 fully saturated rings. The van der Waals surface area contributed by atoms with Crippen LogP contribution in [0.15, 0.2) is 17.8 Å². The second-order valence-corrected chi connectivity index (χ2v) is 2.13. The highest BCUT2D eigenvalue weighted by Crippen LogP contribution is 1.93. The molecule has 0 aromatic heterocycles. The summed E-state index contributed by atoms with van der Waals surface area (Å²) in [4.78, 5) is 4.13. The second-order valence-electron chi connectivity index (χ2n) is 1.33. The van der Waals surface area contributed by atoms with E-state index in [4.69, 9.17) is 0 Å². The summed E-state index contributed by atoms with van der Waals surface area (Å²) in [6, 6.07) is 0. The van der Waals surface area contributed by atoms with Crippen LogP contribution in [0.25, 0.3) is 0 Å². The van der Waals surface area contributed by atoms with Gasteiger partial charge in [-0.05, 0) is 19.4 Å². The Morgan fingerprint density at radius 2 is 2.56 bits per heavy atom. The zero-order valence-electron chi connectivity index (χ0n) is 5.85. The minimum Gasteiger partial charge on any atom is -0.342 e. The quantitative estimate of drug-likeness (QED) is 0.468. The lowest BCUT2D eigenvalue weighted by molar-refractivity contribution is 1.11. The molecule has 0 rings (SSSR count). The highest BCUT2D eigenvalue weighted by molar-refractivity contribution is 8.13. The molecular weight excluding hydrogens is 132 g/mol. The normalized spacial score (nSPS) is 11.1. The fourth-order valence-corrected chi connectivity index (χ4v) is 0.859. The number of aliphatic imine (C=N–C) groups is 1. The molecule has 52 valence electrons. The molecule has 2 nitrogen and oxygen atoms in total. The average Bonchev–Trinajstić information content (AvgIpc) is 1.88. The van der Waals surface area contributed by atoms with Crippen LogP contribution >= 0.6 is 11.8 Å². The molecule has 0 aliphatic rings.